The van der Waals surface area contributed by atoms with E-state index < -0.39 is 6.10 Å². The van der Waals surface area contributed by atoms with Crippen LogP contribution in [0, 0.1) is 11.7 Å². The third kappa shape index (κ3) is 4.10. The Labute approximate surface area is 157 Å². The van der Waals surface area contributed by atoms with Crippen molar-refractivity contribution >= 4 is 17.3 Å². The lowest BCUT2D eigenvalue weighted by atomic mass is 10.0. The van der Waals surface area contributed by atoms with Crippen LogP contribution in [-0.2, 0) is 9.63 Å². The first-order valence-corrected chi connectivity index (χ1v) is 9.25. The van der Waals surface area contributed by atoms with Crippen LogP contribution in [0.4, 0.5) is 10.1 Å². The fraction of sp³-hybridized carbons (Fsp3) is 0.333. The first-order valence-electron chi connectivity index (χ1n) is 9.25. The first kappa shape index (κ1) is 17.5. The van der Waals surface area contributed by atoms with Crippen LogP contribution in [-0.4, -0.2) is 37.4 Å². The smallest absolute Gasteiger partial charge is 0.264 e. The average molecular weight is 367 g/mol. The van der Waals surface area contributed by atoms with Gasteiger partial charge in [-0.1, -0.05) is 35.5 Å². The number of hydrogen-bond acceptors (Lipinski definition) is 4. The van der Waals surface area contributed by atoms with Crippen LogP contribution in [0.1, 0.15) is 18.4 Å². The van der Waals surface area contributed by atoms with Gasteiger partial charge in [0.2, 0.25) is 6.10 Å². The van der Waals surface area contributed by atoms with Crippen molar-refractivity contribution in [2.45, 2.75) is 18.9 Å². The maximum absolute atomic E-state index is 13.3. The molecule has 27 heavy (non-hydrogen) atoms. The Morgan fingerprint density at radius 3 is 2.89 bits per heavy atom. The van der Waals surface area contributed by atoms with Crippen LogP contribution < -0.4 is 10.2 Å². The maximum atomic E-state index is 13.3. The second-order valence-corrected chi connectivity index (χ2v) is 7.03. The normalized spacial score (nSPS) is 21.7. The highest BCUT2D eigenvalue weighted by Gasteiger charge is 2.30. The van der Waals surface area contributed by atoms with E-state index in [1.54, 1.807) is 12.1 Å². The number of rotatable bonds is 5. The molecule has 0 saturated carbocycles. The molecule has 0 aromatic heterocycles. The summed E-state index contributed by atoms with van der Waals surface area (Å²) in [5.41, 5.74) is 2.48. The second kappa shape index (κ2) is 7.78. The lowest BCUT2D eigenvalue weighted by Crippen LogP contribution is -2.38. The fourth-order valence-electron chi connectivity index (χ4n) is 3.59. The molecule has 0 spiro atoms. The van der Waals surface area contributed by atoms with Gasteiger partial charge >= 0.3 is 0 Å². The molecule has 2 aromatic rings. The summed E-state index contributed by atoms with van der Waals surface area (Å²) in [4.78, 5) is 20.0. The van der Waals surface area contributed by atoms with Crippen LogP contribution in [0.25, 0.3) is 0 Å². The predicted molar refractivity (Wildman–Crippen MR) is 102 cm³/mol. The van der Waals surface area contributed by atoms with Crippen LogP contribution >= 0.6 is 0 Å². The van der Waals surface area contributed by atoms with E-state index in [2.05, 4.69) is 27.5 Å². The zero-order valence-corrected chi connectivity index (χ0v) is 15.0. The van der Waals surface area contributed by atoms with Crippen molar-refractivity contribution in [1.29, 1.82) is 0 Å². The highest BCUT2D eigenvalue weighted by molar-refractivity contribution is 6.04. The molecule has 0 aliphatic carbocycles. The van der Waals surface area contributed by atoms with Gasteiger partial charge in [-0.05, 0) is 36.6 Å². The van der Waals surface area contributed by atoms with E-state index in [9.17, 15) is 9.18 Å². The molecule has 2 unspecified atom stereocenters. The number of benzene rings is 2. The second-order valence-electron chi connectivity index (χ2n) is 7.03. The van der Waals surface area contributed by atoms with Crippen molar-refractivity contribution < 1.29 is 14.0 Å². The fourth-order valence-corrected chi connectivity index (χ4v) is 3.59. The largest absolute Gasteiger partial charge is 0.382 e. The summed E-state index contributed by atoms with van der Waals surface area (Å²) in [5, 5.41) is 6.95. The van der Waals surface area contributed by atoms with Gasteiger partial charge in [0.15, 0.2) is 0 Å². The van der Waals surface area contributed by atoms with Gasteiger partial charge in [0.25, 0.3) is 5.91 Å². The summed E-state index contributed by atoms with van der Waals surface area (Å²) < 4.78 is 13.3. The molecule has 1 N–H and O–H groups in total. The molecule has 2 aromatic carbocycles. The minimum absolute atomic E-state index is 0.164. The molecular formula is C21H22FN3O2. The van der Waals surface area contributed by atoms with Crippen molar-refractivity contribution in [3.05, 3.63) is 66.0 Å². The van der Waals surface area contributed by atoms with Gasteiger partial charge < -0.3 is 15.1 Å². The number of carbonyl (C=O) groups excluding carboxylic acids is 1. The van der Waals surface area contributed by atoms with Crippen LogP contribution in [0.15, 0.2) is 59.8 Å². The van der Waals surface area contributed by atoms with E-state index in [4.69, 9.17) is 4.84 Å². The number of carbonyl (C=O) groups is 1. The number of anilines is 1. The maximum Gasteiger partial charge on any atom is 0.264 e. The summed E-state index contributed by atoms with van der Waals surface area (Å²) in [6, 6.07) is 16.5. The number of nitrogens with zero attached hydrogens (tertiary/aromatic N) is 2. The molecule has 2 heterocycles. The zero-order valence-electron chi connectivity index (χ0n) is 15.0. The van der Waals surface area contributed by atoms with E-state index in [0.717, 1.165) is 19.5 Å². The predicted octanol–water partition coefficient (Wildman–Crippen LogP) is 2.96. The topological polar surface area (TPSA) is 53.9 Å². The standard InChI is InChI=1S/C21H22FN3O2/c22-17-6-4-5-16(11-17)19-12-20(27-24-19)21(26)23-13-15-9-10-25(14-15)18-7-2-1-3-8-18/h1-8,11,15,20H,9-10,12-14H2,(H,23,26). The Morgan fingerprint density at radius 1 is 1.22 bits per heavy atom. The number of halogens is 1. The van der Waals surface area contributed by atoms with E-state index in [0.29, 0.717) is 30.2 Å². The number of amides is 1. The minimum Gasteiger partial charge on any atom is -0.382 e. The highest BCUT2D eigenvalue weighted by Crippen LogP contribution is 2.23. The van der Waals surface area contributed by atoms with Gasteiger partial charge in [-0.2, -0.15) is 0 Å². The van der Waals surface area contributed by atoms with Gasteiger partial charge in [-0.3, -0.25) is 4.79 Å². The molecule has 2 atom stereocenters. The summed E-state index contributed by atoms with van der Waals surface area (Å²) in [5.74, 6) is -0.0743. The van der Waals surface area contributed by atoms with Gasteiger partial charge in [-0.15, -0.1) is 0 Å². The Kier molecular flexibility index (Phi) is 5.05. The van der Waals surface area contributed by atoms with Gasteiger partial charge in [-0.25, -0.2) is 4.39 Å². The number of nitrogens with one attached hydrogen (secondary N) is 1. The molecule has 1 amide bonds. The van der Waals surface area contributed by atoms with E-state index >= 15 is 0 Å². The quantitative estimate of drug-likeness (QED) is 0.884. The van der Waals surface area contributed by atoms with Crippen molar-refractivity contribution in [3.8, 4) is 0 Å². The molecule has 1 fully saturated rings. The van der Waals surface area contributed by atoms with Crippen molar-refractivity contribution in [3.63, 3.8) is 0 Å². The lowest BCUT2D eigenvalue weighted by Gasteiger charge is -2.19. The molecule has 0 bridgehead atoms. The van der Waals surface area contributed by atoms with Gasteiger partial charge in [0, 0.05) is 37.3 Å². The summed E-state index contributed by atoms with van der Waals surface area (Å²) in [6.45, 7) is 2.55. The van der Waals surface area contributed by atoms with Gasteiger partial charge in [0.05, 0.1) is 5.71 Å². The van der Waals surface area contributed by atoms with Crippen molar-refractivity contribution in [2.75, 3.05) is 24.5 Å². The van der Waals surface area contributed by atoms with E-state index in [-0.39, 0.29) is 11.7 Å². The number of hydrogen-bond donors (Lipinski definition) is 1. The molecule has 4 rings (SSSR count). The van der Waals surface area contributed by atoms with E-state index in [1.807, 2.05) is 18.2 Å². The Morgan fingerprint density at radius 2 is 2.07 bits per heavy atom. The van der Waals surface area contributed by atoms with Crippen LogP contribution in [0.3, 0.4) is 0 Å². The molecular weight excluding hydrogens is 345 g/mol. The van der Waals surface area contributed by atoms with Gasteiger partial charge in [0.1, 0.15) is 5.82 Å². The van der Waals surface area contributed by atoms with Crippen molar-refractivity contribution in [2.24, 2.45) is 11.1 Å². The van der Waals surface area contributed by atoms with Crippen LogP contribution in [0.2, 0.25) is 0 Å². The summed E-state index contributed by atoms with van der Waals surface area (Å²) in [7, 11) is 0. The molecule has 5 nitrogen and oxygen atoms in total. The number of oxime groups is 1. The monoisotopic (exact) mass is 367 g/mol. The molecule has 2 aliphatic heterocycles. The molecule has 6 heteroatoms. The average Bonchev–Trinajstić information content (AvgIpc) is 3.37. The SMILES string of the molecule is O=C(NCC1CCN(c2ccccc2)C1)C1CC(c2cccc(F)c2)=NO1. The Bertz CT molecular complexity index is 840. The Balaban J connectivity index is 1.25. The third-order valence-corrected chi connectivity index (χ3v) is 5.09. The molecule has 1 saturated heterocycles. The molecule has 2 aliphatic rings. The number of para-hydroxylation sites is 1. The van der Waals surface area contributed by atoms with E-state index in [1.165, 1.54) is 17.8 Å². The Hall–Kier alpha value is -2.89. The summed E-state index contributed by atoms with van der Waals surface area (Å²) >= 11 is 0. The first-order chi connectivity index (χ1) is 13.2. The molecule has 140 valence electrons. The van der Waals surface area contributed by atoms with Crippen molar-refractivity contribution in [1.82, 2.24) is 5.32 Å². The molecule has 0 radical (unpaired) electrons. The lowest BCUT2D eigenvalue weighted by molar-refractivity contribution is -0.131. The minimum atomic E-state index is -0.644. The van der Waals surface area contributed by atoms with Crippen LogP contribution in [0.5, 0.6) is 0 Å². The zero-order chi connectivity index (χ0) is 18.6. The highest BCUT2D eigenvalue weighted by atomic mass is 19.1. The third-order valence-electron chi connectivity index (χ3n) is 5.09. The summed E-state index contributed by atoms with van der Waals surface area (Å²) in [6.07, 6.45) is 0.761.